The average Bonchev–Trinajstić information content (AvgIpc) is 0.854. The zero-order chi connectivity index (χ0) is 85.3. The van der Waals surface area contributed by atoms with E-state index in [0.29, 0.717) is 25.7 Å². The Hall–Kier alpha value is -9.77. The second kappa shape index (κ2) is 56.4. The van der Waals surface area contributed by atoms with Crippen molar-refractivity contribution < 1.29 is 97.1 Å². The molecule has 0 heterocycles. The van der Waals surface area contributed by atoms with E-state index in [1.165, 1.54) is 25.7 Å². The molecule has 13 atom stereocenters. The van der Waals surface area contributed by atoms with Gasteiger partial charge < -0.3 is 113 Å². The van der Waals surface area contributed by atoms with Crippen molar-refractivity contribution in [2.75, 3.05) is 71.7 Å². The van der Waals surface area contributed by atoms with Gasteiger partial charge in [-0.05, 0) is 107 Å². The van der Waals surface area contributed by atoms with Crippen LogP contribution in [0.1, 0.15) is 156 Å². The third-order valence-corrected chi connectivity index (χ3v) is 18.9. The van der Waals surface area contributed by atoms with E-state index in [4.69, 9.17) is 34.4 Å². The highest BCUT2D eigenvalue weighted by molar-refractivity contribution is 7.98. The van der Waals surface area contributed by atoms with Crippen molar-refractivity contribution in [2.24, 2.45) is 74.0 Å². The Bertz CT molecular complexity index is 3330. The number of aliphatic imine (C=N–C) groups is 2. The Morgan fingerprint density at radius 1 is 0.451 bits per heavy atom. The van der Waals surface area contributed by atoms with Gasteiger partial charge in [0, 0.05) is 76.4 Å². The lowest BCUT2D eigenvalue weighted by molar-refractivity contribution is -0.138. The van der Waals surface area contributed by atoms with Crippen LogP contribution < -0.4 is 92.9 Å². The van der Waals surface area contributed by atoms with Crippen molar-refractivity contribution in [3.63, 3.8) is 0 Å². The number of aliphatic hydroxyl groups excluding tert-OH is 4. The minimum absolute atomic E-state index is 0.0195. The zero-order valence-corrected chi connectivity index (χ0v) is 66.7. The number of rotatable bonds is 61. The molecule has 0 aliphatic heterocycles. The number of primary amides is 1. The average molecular weight is 1620 g/mol. The number of aliphatic hydroxyl groups is 4. The number of hydrogen-bond acceptors (Lipinski definition) is 24. The standard InChI is InChI=1S/C73H123N19O20S/c1-8-42(5)62(71(112)91-55(40-96)70(111)90-54(39-95)69(110)89-53(38-94)68(109)88-52(37-93)57(99)23-25-61(103)84-50(31-41(3)4)56(98)22-24-60(102)80-6)92-66(107)49(21-16-29-82-73(78)79)86-67(108)51(35-59(75)101)87-65(106)46(26-30-113-7)34-58(100)48(20-13-14-27-74)85-64(105)45(19-15-28-81-72(76)77)33-47(97)36-83-63(104)44(9-2)32-43-17-11-10-12-18-43/h10-12,17-18,41-42,44-46,48-55,62,93-96H,8-9,13-16,19-40,74H2,1-7H3,(H2,75,101)(H,80,102)(H,83,104)(H,84,103)(H,85,105)(H,86,108)(H,87,106)(H,88,109)(H,89,110)(H,90,111)(H,91,112)(H,92,107)(H4,76,77,81)(H4,78,79,82). The number of nitrogens with two attached hydrogens (primary N) is 6. The maximum absolute atomic E-state index is 14.6. The summed E-state index contributed by atoms with van der Waals surface area (Å²) in [4.78, 5) is 225. The van der Waals surface area contributed by atoms with Crippen LogP contribution in [0.3, 0.4) is 0 Å². The third-order valence-electron chi connectivity index (χ3n) is 18.3. The lowest BCUT2D eigenvalue weighted by Gasteiger charge is -2.29. The van der Waals surface area contributed by atoms with Crippen molar-refractivity contribution in [1.29, 1.82) is 0 Å². The van der Waals surface area contributed by atoms with E-state index in [2.05, 4.69) is 68.5 Å². The van der Waals surface area contributed by atoms with Crippen LogP contribution in [0.4, 0.5) is 0 Å². The predicted octanol–water partition coefficient (Wildman–Crippen LogP) is -5.74. The molecule has 0 radical (unpaired) electrons. The number of Topliss-reactive ketones (excluding diaryl/α,β-unsaturated/α-hetero) is 4. The van der Waals surface area contributed by atoms with Gasteiger partial charge in [-0.3, -0.25) is 86.7 Å². The first kappa shape index (κ1) is 101. The summed E-state index contributed by atoms with van der Waals surface area (Å²) in [6.07, 6.45) is 0.843. The number of nitrogens with zero attached hydrogens (tertiary/aromatic N) is 2. The van der Waals surface area contributed by atoms with Gasteiger partial charge in [-0.2, -0.15) is 11.8 Å². The molecule has 13 unspecified atom stereocenters. The van der Waals surface area contributed by atoms with Crippen LogP contribution in [0.25, 0.3) is 0 Å². The van der Waals surface area contributed by atoms with Crippen molar-refractivity contribution in [3.05, 3.63) is 35.9 Å². The lowest BCUT2D eigenvalue weighted by Crippen LogP contribution is -2.62. The quantitative estimate of drug-likeness (QED) is 0.0164. The van der Waals surface area contributed by atoms with Gasteiger partial charge in [-0.15, -0.1) is 0 Å². The van der Waals surface area contributed by atoms with Gasteiger partial charge in [0.15, 0.2) is 35.1 Å². The summed E-state index contributed by atoms with van der Waals surface area (Å²) in [7, 11) is 1.40. The molecule has 0 bridgehead atoms. The summed E-state index contributed by atoms with van der Waals surface area (Å²) in [5, 5.41) is 67.4. The minimum atomic E-state index is -1.97. The molecule has 0 aliphatic carbocycles. The van der Waals surface area contributed by atoms with Gasteiger partial charge in [0.25, 0.3) is 0 Å². The van der Waals surface area contributed by atoms with Crippen LogP contribution in [0.2, 0.25) is 0 Å². The third kappa shape index (κ3) is 41.0. The Balaban J connectivity index is 3.47. The fourth-order valence-corrected chi connectivity index (χ4v) is 12.0. The summed E-state index contributed by atoms with van der Waals surface area (Å²) < 4.78 is 0. The second-order valence-electron chi connectivity index (χ2n) is 27.8. The van der Waals surface area contributed by atoms with E-state index in [1.807, 2.05) is 37.3 Å². The van der Waals surface area contributed by atoms with Gasteiger partial charge in [-0.25, -0.2) is 0 Å². The van der Waals surface area contributed by atoms with Crippen molar-refractivity contribution in [1.82, 2.24) is 58.5 Å². The molecule has 1 aromatic rings. The van der Waals surface area contributed by atoms with Crippen molar-refractivity contribution in [3.8, 4) is 0 Å². The highest BCUT2D eigenvalue weighted by Gasteiger charge is 2.38. The van der Waals surface area contributed by atoms with E-state index in [-0.39, 0.29) is 132 Å². The Kier molecular flexibility index (Phi) is 50.6. The molecule has 0 aliphatic rings. The first-order valence-corrected chi connectivity index (χ1v) is 39.3. The number of unbranched alkanes of at least 4 members (excludes halogenated alkanes) is 1. The fraction of sp³-hybridized carbons (Fsp3) is 0.671. The van der Waals surface area contributed by atoms with Crippen molar-refractivity contribution in [2.45, 2.75) is 211 Å². The highest BCUT2D eigenvalue weighted by atomic mass is 32.2. The fourth-order valence-electron chi connectivity index (χ4n) is 11.5. The van der Waals surface area contributed by atoms with Crippen LogP contribution >= 0.6 is 11.8 Å². The summed E-state index contributed by atoms with van der Waals surface area (Å²) in [6.45, 7) is 3.92. The number of nitrogens with one attached hydrogen (secondary N) is 11. The summed E-state index contributed by atoms with van der Waals surface area (Å²) in [5.41, 5.74) is 34.6. The molecule has 39 nitrogen and oxygen atoms in total. The maximum Gasteiger partial charge on any atom is 0.245 e. The van der Waals surface area contributed by atoms with Gasteiger partial charge in [0.2, 0.25) is 70.9 Å². The van der Waals surface area contributed by atoms with E-state index in [0.717, 1.165) is 5.56 Å². The molecule has 113 heavy (non-hydrogen) atoms. The maximum atomic E-state index is 14.6. The molecule has 40 heteroatoms. The van der Waals surface area contributed by atoms with Crippen LogP contribution in [0.15, 0.2) is 40.3 Å². The zero-order valence-electron chi connectivity index (χ0n) is 65.9. The first-order chi connectivity index (χ1) is 53.6. The van der Waals surface area contributed by atoms with Crippen LogP contribution in [0, 0.1) is 29.6 Å². The topological polar surface area (TPSA) is 667 Å². The van der Waals surface area contributed by atoms with Gasteiger partial charge in [0.1, 0.15) is 42.3 Å². The SMILES string of the molecule is CCC(Cc1ccccc1)C(=O)NCC(=O)CC(CCCN=C(N)N)C(=O)NC(CCCCN)C(=O)CC(CCSC)C(=O)NC(CC(N)=O)C(=O)NC(CCCN=C(N)N)C(=O)NC(C(=O)NC(CO)C(=O)NC(CO)C(=O)NC(CO)C(=O)NC(CO)C(=O)CCC(=O)NC(CC(C)C)C(=O)CCC(=O)NC)C(C)CC. The second-order valence-corrected chi connectivity index (χ2v) is 28.8. The molecular weight excluding hydrogens is 1490 g/mol. The van der Waals surface area contributed by atoms with E-state index in [1.54, 1.807) is 27.0 Å². The predicted molar refractivity (Wildman–Crippen MR) is 420 cm³/mol. The van der Waals surface area contributed by atoms with Crippen LogP contribution in [0.5, 0.6) is 0 Å². The first-order valence-electron chi connectivity index (χ1n) is 37.9. The van der Waals surface area contributed by atoms with E-state index < -0.39 is 212 Å². The number of thioether (sulfide) groups is 1. The van der Waals surface area contributed by atoms with Crippen LogP contribution in [-0.4, -0.2) is 252 Å². The molecule has 12 amide bonds. The van der Waals surface area contributed by atoms with Gasteiger partial charge in [0.05, 0.1) is 51.5 Å². The van der Waals surface area contributed by atoms with Gasteiger partial charge in [-0.1, -0.05) is 71.4 Å². The number of benzene rings is 1. The number of guanidine groups is 2. The monoisotopic (exact) mass is 1620 g/mol. The molecule has 0 fully saturated rings. The largest absolute Gasteiger partial charge is 0.394 e. The summed E-state index contributed by atoms with van der Waals surface area (Å²) in [6, 6.07) is -5.38. The molecule has 27 N–H and O–H groups in total. The minimum Gasteiger partial charge on any atom is -0.394 e. The summed E-state index contributed by atoms with van der Waals surface area (Å²) in [5.74, 6) is -17.5. The molecule has 0 saturated heterocycles. The number of ketones is 4. The molecule has 0 aromatic heterocycles. The lowest BCUT2D eigenvalue weighted by atomic mass is 9.91. The highest BCUT2D eigenvalue weighted by Crippen LogP contribution is 2.21. The van der Waals surface area contributed by atoms with Crippen molar-refractivity contribution >= 4 is 118 Å². The van der Waals surface area contributed by atoms with E-state index >= 15 is 0 Å². The number of carbonyl (C=O) groups excluding carboxylic acids is 16. The summed E-state index contributed by atoms with van der Waals surface area (Å²) >= 11 is 1.31. The smallest absolute Gasteiger partial charge is 0.245 e. The normalized spacial score (nSPS) is 14.5. The molecule has 636 valence electrons. The molecular formula is C73H123N19O20S. The van der Waals surface area contributed by atoms with Gasteiger partial charge >= 0.3 is 0 Å². The number of hydrogen-bond donors (Lipinski definition) is 21. The molecule has 1 aromatic carbocycles. The Morgan fingerprint density at radius 2 is 0.920 bits per heavy atom. The number of amides is 12. The molecule has 0 saturated carbocycles. The van der Waals surface area contributed by atoms with Crippen LogP contribution in [-0.2, 0) is 83.1 Å². The molecule has 1 rings (SSSR count). The van der Waals surface area contributed by atoms with E-state index in [9.17, 15) is 97.1 Å². The Morgan fingerprint density at radius 3 is 1.42 bits per heavy atom. The molecule has 0 spiro atoms. The Labute approximate surface area is 663 Å². The number of carbonyl (C=O) groups is 16.